The van der Waals surface area contributed by atoms with Gasteiger partial charge in [0.2, 0.25) is 0 Å². The monoisotopic (exact) mass is 920 g/mol. The van der Waals surface area contributed by atoms with Gasteiger partial charge < -0.3 is 28.4 Å². The first-order valence-corrected chi connectivity index (χ1v) is 24.5. The number of benzene rings is 12. The van der Waals surface area contributed by atoms with Crippen molar-refractivity contribution >= 4 is 110 Å². The lowest BCUT2D eigenvalue weighted by Crippen LogP contribution is -2.16. The molecule has 6 nitrogen and oxygen atoms in total. The van der Waals surface area contributed by atoms with Crippen LogP contribution in [0.5, 0.6) is 23.0 Å². The highest BCUT2D eigenvalue weighted by Gasteiger charge is 2.31. The molecule has 0 atom stereocenters. The molecule has 0 spiro atoms. The van der Waals surface area contributed by atoms with Crippen LogP contribution in [0.15, 0.2) is 243 Å². The molecule has 0 saturated heterocycles. The second kappa shape index (κ2) is 14.9. The largest absolute Gasteiger partial charge is 0.453 e. The summed E-state index contributed by atoms with van der Waals surface area (Å²) < 4.78 is 18.5. The molecular weight excluding hydrogens is 881 g/mol. The van der Waals surface area contributed by atoms with E-state index in [2.05, 4.69) is 249 Å². The van der Waals surface area contributed by atoms with Gasteiger partial charge in [-0.2, -0.15) is 0 Å². The van der Waals surface area contributed by atoms with Gasteiger partial charge in [0, 0.05) is 44.3 Å². The Morgan fingerprint density at radius 1 is 0.236 bits per heavy atom. The van der Waals surface area contributed by atoms with E-state index in [0.717, 1.165) is 112 Å². The second-order valence-electron chi connectivity index (χ2n) is 18.9. The predicted octanol–water partition coefficient (Wildman–Crippen LogP) is 18.5. The molecule has 12 aromatic carbocycles. The van der Waals surface area contributed by atoms with Crippen molar-refractivity contribution in [2.45, 2.75) is 0 Å². The van der Waals surface area contributed by atoms with Gasteiger partial charge in [-0.15, -0.1) is 0 Å². The van der Waals surface area contributed by atoms with Gasteiger partial charge in [0.15, 0.2) is 23.0 Å². The van der Waals surface area contributed by atoms with Gasteiger partial charge in [-0.1, -0.05) is 133 Å². The third kappa shape index (κ3) is 5.60. The van der Waals surface area contributed by atoms with Crippen molar-refractivity contribution < 1.29 is 9.47 Å². The van der Waals surface area contributed by atoms with Crippen molar-refractivity contribution in [3.05, 3.63) is 243 Å². The number of aromatic nitrogens is 2. The molecule has 6 heteroatoms. The summed E-state index contributed by atoms with van der Waals surface area (Å²) in [7, 11) is 0. The maximum atomic E-state index is 6.87. The van der Waals surface area contributed by atoms with E-state index < -0.39 is 0 Å². The Morgan fingerprint density at radius 2 is 0.639 bits per heavy atom. The standard InChI is InChI=1S/C66H40N4O2/c1-3-17-45(18-4-1)67-55-33-29-41-15-7-9-21-49(41)65(55)51-37-63-59(39-57(51)67)69(53-23-11-13-25-61(53)71-63)47-31-27-44-36-48(32-28-43(44)35-47)70-54-24-12-14-26-62(54)72-64-38-52-58(40-60(64)70)68(46-19-5-2-6-20-46)56-34-30-42-16-8-10-22-50(42)66(52)56/h1-40H. The summed E-state index contributed by atoms with van der Waals surface area (Å²) in [4.78, 5) is 4.72. The quantitative estimate of drug-likeness (QED) is 0.176. The Labute approximate surface area is 413 Å². The lowest BCUT2D eigenvalue weighted by atomic mass is 10.0. The zero-order valence-corrected chi connectivity index (χ0v) is 38.7. The van der Waals surface area contributed by atoms with Crippen molar-refractivity contribution in [2.75, 3.05) is 9.80 Å². The van der Waals surface area contributed by atoms with Crippen LogP contribution in [0.3, 0.4) is 0 Å². The van der Waals surface area contributed by atoms with E-state index in [1.165, 1.54) is 32.3 Å². The molecule has 2 aromatic heterocycles. The molecule has 0 radical (unpaired) electrons. The minimum Gasteiger partial charge on any atom is -0.453 e. The number of hydrogen-bond donors (Lipinski definition) is 0. The van der Waals surface area contributed by atoms with E-state index in [0.29, 0.717) is 0 Å². The second-order valence-corrected chi connectivity index (χ2v) is 18.9. The van der Waals surface area contributed by atoms with Crippen LogP contribution >= 0.6 is 0 Å². The fourth-order valence-corrected chi connectivity index (χ4v) is 11.8. The number of ether oxygens (including phenoxy) is 2. The average molecular weight is 921 g/mol. The summed E-state index contributed by atoms with van der Waals surface area (Å²) in [5.74, 6) is 3.26. The fourth-order valence-electron chi connectivity index (χ4n) is 11.8. The Bertz CT molecular complexity index is 4300. The molecule has 0 unspecified atom stereocenters. The number of para-hydroxylation sites is 6. The Balaban J connectivity index is 0.870. The number of nitrogens with zero attached hydrogens (tertiary/aromatic N) is 4. The van der Waals surface area contributed by atoms with Crippen LogP contribution in [0.4, 0.5) is 34.1 Å². The van der Waals surface area contributed by atoms with E-state index in [1.54, 1.807) is 0 Å². The van der Waals surface area contributed by atoms with Crippen LogP contribution in [0.1, 0.15) is 0 Å². The van der Waals surface area contributed by atoms with Gasteiger partial charge >= 0.3 is 0 Å². The fraction of sp³-hybridized carbons (Fsp3) is 0. The summed E-state index contributed by atoms with van der Waals surface area (Å²) in [5.41, 5.74) is 12.8. The first kappa shape index (κ1) is 39.1. The van der Waals surface area contributed by atoms with Crippen molar-refractivity contribution in [1.82, 2.24) is 9.13 Å². The molecule has 2 aliphatic heterocycles. The third-order valence-corrected chi connectivity index (χ3v) is 15.0. The van der Waals surface area contributed by atoms with Crippen LogP contribution in [0.2, 0.25) is 0 Å². The highest BCUT2D eigenvalue weighted by Crippen LogP contribution is 2.56. The van der Waals surface area contributed by atoms with Crippen molar-refractivity contribution in [3.63, 3.8) is 0 Å². The summed E-state index contributed by atoms with van der Waals surface area (Å²) in [6, 6.07) is 87.2. The Kier molecular flexibility index (Phi) is 8.07. The van der Waals surface area contributed by atoms with E-state index in [1.807, 2.05) is 12.1 Å². The van der Waals surface area contributed by atoms with Crippen LogP contribution in [-0.4, -0.2) is 9.13 Å². The molecule has 4 heterocycles. The van der Waals surface area contributed by atoms with Crippen LogP contribution in [0, 0.1) is 0 Å². The van der Waals surface area contributed by atoms with Crippen molar-refractivity contribution in [3.8, 4) is 34.4 Å². The lowest BCUT2D eigenvalue weighted by Gasteiger charge is -2.34. The highest BCUT2D eigenvalue weighted by molar-refractivity contribution is 6.24. The van der Waals surface area contributed by atoms with Gasteiger partial charge in [0.1, 0.15) is 0 Å². The number of hydrogen-bond acceptors (Lipinski definition) is 4. The first-order valence-electron chi connectivity index (χ1n) is 24.5. The molecule has 0 bridgehead atoms. The molecule has 14 aromatic rings. The molecule has 2 aliphatic rings. The van der Waals surface area contributed by atoms with Gasteiger partial charge in [-0.3, -0.25) is 0 Å². The Hall–Kier alpha value is -9.78. The number of rotatable bonds is 4. The summed E-state index contributed by atoms with van der Waals surface area (Å²) >= 11 is 0. The van der Waals surface area contributed by atoms with Gasteiger partial charge in [-0.25, -0.2) is 0 Å². The summed E-state index contributed by atoms with van der Waals surface area (Å²) in [6.45, 7) is 0. The van der Waals surface area contributed by atoms with Gasteiger partial charge in [-0.05, 0) is 142 Å². The minimum atomic E-state index is 0.815. The topological polar surface area (TPSA) is 34.8 Å². The molecule has 16 rings (SSSR count). The average Bonchev–Trinajstić information content (AvgIpc) is 3.95. The molecule has 0 amide bonds. The van der Waals surface area contributed by atoms with Crippen molar-refractivity contribution in [1.29, 1.82) is 0 Å². The minimum absolute atomic E-state index is 0.815. The van der Waals surface area contributed by atoms with Gasteiger partial charge in [0.05, 0.1) is 44.8 Å². The first-order chi connectivity index (χ1) is 35.7. The molecular formula is C66H40N4O2. The molecule has 0 aliphatic carbocycles. The summed E-state index contributed by atoms with van der Waals surface area (Å²) in [6.07, 6.45) is 0. The maximum Gasteiger partial charge on any atom is 0.152 e. The smallest absolute Gasteiger partial charge is 0.152 e. The van der Waals surface area contributed by atoms with Crippen molar-refractivity contribution in [2.24, 2.45) is 0 Å². The van der Waals surface area contributed by atoms with Gasteiger partial charge in [0.25, 0.3) is 0 Å². The molecule has 0 N–H and O–H groups in total. The van der Waals surface area contributed by atoms with Crippen LogP contribution < -0.4 is 19.3 Å². The van der Waals surface area contributed by atoms with E-state index in [-0.39, 0.29) is 0 Å². The van der Waals surface area contributed by atoms with Crippen LogP contribution in [-0.2, 0) is 0 Å². The predicted molar refractivity (Wildman–Crippen MR) is 297 cm³/mol. The van der Waals surface area contributed by atoms with E-state index >= 15 is 0 Å². The normalized spacial score (nSPS) is 12.9. The molecule has 336 valence electrons. The Morgan fingerprint density at radius 3 is 1.11 bits per heavy atom. The maximum absolute atomic E-state index is 6.87. The molecule has 72 heavy (non-hydrogen) atoms. The van der Waals surface area contributed by atoms with E-state index in [4.69, 9.17) is 9.47 Å². The summed E-state index contributed by atoms with van der Waals surface area (Å²) in [5, 5.41) is 11.8. The number of fused-ring (bicyclic) bond motifs is 15. The van der Waals surface area contributed by atoms with E-state index in [9.17, 15) is 0 Å². The van der Waals surface area contributed by atoms with Crippen LogP contribution in [0.25, 0.3) is 87.3 Å². The zero-order valence-electron chi connectivity index (χ0n) is 38.7. The zero-order chi connectivity index (χ0) is 47.0. The number of anilines is 6. The third-order valence-electron chi connectivity index (χ3n) is 15.0. The highest BCUT2D eigenvalue weighted by atomic mass is 16.5. The lowest BCUT2D eigenvalue weighted by molar-refractivity contribution is 0.477. The molecule has 0 fully saturated rings. The SMILES string of the molecule is c1ccc(-n2c3cc4c(cc3c3c5ccccc5ccc32)Oc2ccccc2N4c2ccc3cc(N4c5ccccc5Oc5cc6c7c8ccccc8ccc7n(-c7ccccc7)c6cc54)ccc3c2)cc1. The molecule has 0 saturated carbocycles.